The lowest BCUT2D eigenvalue weighted by Crippen LogP contribution is -2.45. The summed E-state index contributed by atoms with van der Waals surface area (Å²) in [6.45, 7) is 6.80. The van der Waals surface area contributed by atoms with Crippen LogP contribution < -0.4 is 4.90 Å². The maximum atomic E-state index is 6.45. The third-order valence-electron chi connectivity index (χ3n) is 4.49. The van der Waals surface area contributed by atoms with Crippen LogP contribution in [0.25, 0.3) is 0 Å². The fraction of sp³-hybridized carbons (Fsp3) is 0.438. The Morgan fingerprint density at radius 3 is 2.68 bits per heavy atom. The first-order chi connectivity index (χ1) is 10.4. The molecule has 1 aromatic heterocycles. The Morgan fingerprint density at radius 1 is 1.32 bits per heavy atom. The number of rotatable bonds is 2. The molecule has 0 N–H and O–H groups in total. The first-order valence-corrected chi connectivity index (χ1v) is 7.72. The van der Waals surface area contributed by atoms with Gasteiger partial charge in [-0.3, -0.25) is 0 Å². The lowest BCUT2D eigenvalue weighted by molar-refractivity contribution is 0.395. The fourth-order valence-corrected chi connectivity index (χ4v) is 3.29. The average molecular weight is 318 g/mol. The molecule has 1 aromatic carbocycles. The van der Waals surface area contributed by atoms with Gasteiger partial charge in [0.15, 0.2) is 0 Å². The maximum absolute atomic E-state index is 6.45. The minimum Gasteiger partial charge on any atom is -0.369 e. The number of hydrogen-bond acceptors (Lipinski definition) is 4. The first kappa shape index (κ1) is 15.0. The smallest absolute Gasteiger partial charge is 0.141 e. The van der Waals surface area contributed by atoms with Crippen molar-refractivity contribution in [2.45, 2.75) is 38.6 Å². The van der Waals surface area contributed by atoms with Crippen molar-refractivity contribution in [3.8, 4) is 0 Å². The van der Waals surface area contributed by atoms with Crippen LogP contribution in [0.1, 0.15) is 44.2 Å². The van der Waals surface area contributed by atoms with Gasteiger partial charge < -0.3 is 4.90 Å². The third-order valence-corrected chi connectivity index (χ3v) is 4.82. The number of anilines is 1. The van der Waals surface area contributed by atoms with Crippen molar-refractivity contribution >= 4 is 23.5 Å². The van der Waals surface area contributed by atoms with Gasteiger partial charge in [0.2, 0.25) is 0 Å². The summed E-state index contributed by atoms with van der Waals surface area (Å²) in [6.07, 6.45) is 5.95. The zero-order chi connectivity index (χ0) is 15.9. The van der Waals surface area contributed by atoms with Gasteiger partial charge in [-0.05, 0) is 43.9 Å². The summed E-state index contributed by atoms with van der Waals surface area (Å²) < 4.78 is 1.55. The Balaban J connectivity index is 2.01. The van der Waals surface area contributed by atoms with Gasteiger partial charge in [-0.1, -0.05) is 18.5 Å². The highest BCUT2D eigenvalue weighted by molar-refractivity contribution is 6.33. The van der Waals surface area contributed by atoms with E-state index in [1.54, 1.807) is 23.5 Å². The molecule has 0 spiro atoms. The van der Waals surface area contributed by atoms with Crippen molar-refractivity contribution in [2.75, 3.05) is 11.9 Å². The molecule has 3 rings (SSSR count). The molecule has 22 heavy (non-hydrogen) atoms. The van der Waals surface area contributed by atoms with E-state index in [9.17, 15) is 0 Å². The molecule has 0 saturated carbocycles. The second-order valence-corrected chi connectivity index (χ2v) is 6.90. The Hall–Kier alpha value is -1.88. The van der Waals surface area contributed by atoms with E-state index >= 15 is 0 Å². The van der Waals surface area contributed by atoms with E-state index in [-0.39, 0.29) is 5.54 Å². The third kappa shape index (κ3) is 2.61. The van der Waals surface area contributed by atoms with Crippen LogP contribution in [0.2, 0.25) is 5.02 Å². The Labute approximate surface area is 135 Å². The van der Waals surface area contributed by atoms with Crippen LogP contribution >= 0.6 is 11.6 Å². The molecule has 116 valence electrons. The molecule has 6 heteroatoms. The molecular formula is C16H20ClN5. The molecule has 0 amide bonds. The number of aromatic nitrogens is 3. The quantitative estimate of drug-likeness (QED) is 0.796. The number of nitrogens with zero attached hydrogens (tertiary/aromatic N) is 5. The van der Waals surface area contributed by atoms with Gasteiger partial charge in [0, 0.05) is 23.8 Å². The maximum Gasteiger partial charge on any atom is 0.141 e. The molecule has 2 aromatic rings. The monoisotopic (exact) mass is 317 g/mol. The molecule has 0 bridgehead atoms. The van der Waals surface area contributed by atoms with Crippen molar-refractivity contribution in [3.63, 3.8) is 0 Å². The highest BCUT2D eigenvalue weighted by atomic mass is 35.5. The highest BCUT2D eigenvalue weighted by Crippen LogP contribution is 2.44. The molecule has 1 unspecified atom stereocenters. The van der Waals surface area contributed by atoms with Crippen LogP contribution in [0, 0.1) is 0 Å². The normalized spacial score (nSPS) is 20.4. The molecule has 5 nitrogen and oxygen atoms in total. The molecule has 1 atom stereocenters. The summed E-state index contributed by atoms with van der Waals surface area (Å²) in [5.74, 6) is 0.487. The Bertz CT molecular complexity index is 706. The lowest BCUT2D eigenvalue weighted by Gasteiger charge is -2.45. The van der Waals surface area contributed by atoms with Crippen LogP contribution in [0.15, 0.2) is 29.9 Å². The number of halogens is 1. The summed E-state index contributed by atoms with van der Waals surface area (Å²) in [4.78, 5) is 2.31. The van der Waals surface area contributed by atoms with Crippen molar-refractivity contribution < 1.29 is 0 Å². The molecular weight excluding hydrogens is 298 g/mol. The van der Waals surface area contributed by atoms with Crippen molar-refractivity contribution in [2.24, 2.45) is 5.10 Å². The topological polar surface area (TPSA) is 46.3 Å². The van der Waals surface area contributed by atoms with Crippen molar-refractivity contribution in [3.05, 3.63) is 40.9 Å². The minimum atomic E-state index is 0.133. The van der Waals surface area contributed by atoms with Crippen LogP contribution in [-0.4, -0.2) is 33.7 Å². The SMILES string of the molecule is CC1CC(C)(C)N(C)c2cc(Cl)c(/C=N/n3cnnc3)cc21. The van der Waals surface area contributed by atoms with Crippen molar-refractivity contribution in [1.82, 2.24) is 14.9 Å². The van der Waals surface area contributed by atoms with Crippen LogP contribution in [-0.2, 0) is 0 Å². The summed E-state index contributed by atoms with van der Waals surface area (Å²) in [5, 5.41) is 12.4. The summed E-state index contributed by atoms with van der Waals surface area (Å²) in [7, 11) is 2.13. The zero-order valence-electron chi connectivity index (χ0n) is 13.3. The van der Waals surface area contributed by atoms with Gasteiger partial charge in [0.05, 0.1) is 11.2 Å². The van der Waals surface area contributed by atoms with Gasteiger partial charge in [-0.25, -0.2) is 4.68 Å². The summed E-state index contributed by atoms with van der Waals surface area (Å²) in [6, 6.07) is 4.18. The highest BCUT2D eigenvalue weighted by Gasteiger charge is 2.34. The predicted octanol–water partition coefficient (Wildman–Crippen LogP) is 3.54. The van der Waals surface area contributed by atoms with Gasteiger partial charge in [0.25, 0.3) is 0 Å². The van der Waals surface area contributed by atoms with Crippen LogP contribution in [0.3, 0.4) is 0 Å². The van der Waals surface area contributed by atoms with E-state index in [0.717, 1.165) is 12.0 Å². The van der Waals surface area contributed by atoms with E-state index in [0.29, 0.717) is 10.9 Å². The van der Waals surface area contributed by atoms with Crippen molar-refractivity contribution in [1.29, 1.82) is 0 Å². The van der Waals surface area contributed by atoms with Gasteiger partial charge in [0.1, 0.15) is 12.7 Å². The fourth-order valence-electron chi connectivity index (χ4n) is 3.09. The zero-order valence-corrected chi connectivity index (χ0v) is 14.0. The van der Waals surface area contributed by atoms with Gasteiger partial charge in [-0.15, -0.1) is 10.2 Å². The standard InChI is InChI=1S/C16H20ClN5/c1-11-7-16(2,3)21(4)15-6-14(17)12(5-13(11)15)8-20-22-9-18-19-10-22/h5-6,8-11H,7H2,1-4H3/b20-8+. The number of benzene rings is 1. The van der Waals surface area contributed by atoms with E-state index in [2.05, 4.69) is 54.1 Å². The van der Waals surface area contributed by atoms with E-state index < -0.39 is 0 Å². The summed E-state index contributed by atoms with van der Waals surface area (Å²) in [5.41, 5.74) is 3.56. The molecule has 0 saturated heterocycles. The van der Waals surface area contributed by atoms with E-state index in [4.69, 9.17) is 11.6 Å². The lowest BCUT2D eigenvalue weighted by atomic mass is 9.80. The van der Waals surface area contributed by atoms with E-state index in [1.807, 2.05) is 6.07 Å². The second kappa shape index (κ2) is 5.39. The Kier molecular flexibility index (Phi) is 3.68. The number of fused-ring (bicyclic) bond motifs is 1. The minimum absolute atomic E-state index is 0.133. The molecule has 0 radical (unpaired) electrons. The molecule has 2 heterocycles. The molecule has 0 aliphatic carbocycles. The predicted molar refractivity (Wildman–Crippen MR) is 90.0 cm³/mol. The largest absolute Gasteiger partial charge is 0.369 e. The molecule has 1 aliphatic rings. The van der Waals surface area contributed by atoms with Crippen LogP contribution in [0.4, 0.5) is 5.69 Å². The van der Waals surface area contributed by atoms with Crippen LogP contribution in [0.5, 0.6) is 0 Å². The average Bonchev–Trinajstić information content (AvgIpc) is 2.96. The molecule has 1 aliphatic heterocycles. The first-order valence-electron chi connectivity index (χ1n) is 7.35. The summed E-state index contributed by atoms with van der Waals surface area (Å²) >= 11 is 6.45. The van der Waals surface area contributed by atoms with E-state index in [1.165, 1.54) is 11.3 Å². The second-order valence-electron chi connectivity index (χ2n) is 6.50. The van der Waals surface area contributed by atoms with Gasteiger partial charge >= 0.3 is 0 Å². The number of hydrogen-bond donors (Lipinski definition) is 0. The molecule has 0 fully saturated rings. The van der Waals surface area contributed by atoms with Gasteiger partial charge in [-0.2, -0.15) is 5.10 Å². The Morgan fingerprint density at radius 2 is 2.00 bits per heavy atom.